The van der Waals surface area contributed by atoms with E-state index >= 15 is 0 Å². The summed E-state index contributed by atoms with van der Waals surface area (Å²) < 4.78 is 27.1. The van der Waals surface area contributed by atoms with Crippen molar-refractivity contribution in [2.75, 3.05) is 4.72 Å². The lowest BCUT2D eigenvalue weighted by atomic mass is 10.2. The van der Waals surface area contributed by atoms with Crippen LogP contribution in [-0.2, 0) is 10.0 Å². The van der Waals surface area contributed by atoms with Gasteiger partial charge in [0.15, 0.2) is 5.13 Å². The molecule has 0 unspecified atom stereocenters. The van der Waals surface area contributed by atoms with E-state index in [-0.39, 0.29) is 20.1 Å². The summed E-state index contributed by atoms with van der Waals surface area (Å²) in [7, 11) is -3.90. The molecule has 0 fully saturated rings. The lowest BCUT2D eigenvalue weighted by molar-refractivity contribution is 0.0696. The number of carboxylic acids is 1. The van der Waals surface area contributed by atoms with Crippen LogP contribution in [0.2, 0.25) is 0 Å². The zero-order valence-corrected chi connectivity index (χ0v) is 13.3. The number of carbonyl (C=O) groups is 1. The van der Waals surface area contributed by atoms with Crippen LogP contribution in [0.5, 0.6) is 0 Å². The number of nitrogens with zero attached hydrogens (tertiary/aromatic N) is 1. The first-order valence-corrected chi connectivity index (χ1v) is 8.37. The van der Waals surface area contributed by atoms with Gasteiger partial charge in [0.25, 0.3) is 10.0 Å². The molecule has 6 nitrogen and oxygen atoms in total. The minimum absolute atomic E-state index is 0.108. The molecule has 9 heteroatoms. The number of nitrogens with one attached hydrogen (secondary N) is 1. The molecule has 0 radical (unpaired) electrons. The molecule has 1 heterocycles. The van der Waals surface area contributed by atoms with Gasteiger partial charge in [-0.2, -0.15) is 0 Å². The van der Waals surface area contributed by atoms with Gasteiger partial charge in [-0.1, -0.05) is 0 Å². The van der Waals surface area contributed by atoms with E-state index < -0.39 is 16.0 Å². The molecular weight excluding hydrogens is 368 g/mol. The fraction of sp³-hybridized carbons (Fsp3) is 0.0909. The van der Waals surface area contributed by atoms with E-state index in [1.54, 1.807) is 13.1 Å². The average Bonchev–Trinajstić information content (AvgIpc) is 2.73. The summed E-state index contributed by atoms with van der Waals surface area (Å²) in [5, 5.41) is 9.15. The first-order valence-electron chi connectivity index (χ1n) is 5.28. The van der Waals surface area contributed by atoms with E-state index in [2.05, 4.69) is 25.6 Å². The molecule has 0 atom stereocenters. The number of aryl methyl sites for hydroxylation is 1. The van der Waals surface area contributed by atoms with Crippen LogP contribution in [0.1, 0.15) is 15.2 Å². The number of hydrogen-bond donors (Lipinski definition) is 2. The van der Waals surface area contributed by atoms with Crippen LogP contribution in [0.3, 0.4) is 0 Å². The van der Waals surface area contributed by atoms with Crippen molar-refractivity contribution in [3.05, 3.63) is 39.3 Å². The molecule has 0 spiro atoms. The first kappa shape index (κ1) is 14.9. The highest BCUT2D eigenvalue weighted by Gasteiger charge is 2.21. The van der Waals surface area contributed by atoms with Gasteiger partial charge in [0.05, 0.1) is 5.56 Å². The van der Waals surface area contributed by atoms with Crippen LogP contribution in [0.25, 0.3) is 0 Å². The Balaban J connectivity index is 2.43. The Hall–Kier alpha value is -1.45. The monoisotopic (exact) mass is 376 g/mol. The molecule has 0 amide bonds. The van der Waals surface area contributed by atoms with E-state index in [0.717, 1.165) is 10.9 Å². The quantitative estimate of drug-likeness (QED) is 0.854. The lowest BCUT2D eigenvalue weighted by Crippen LogP contribution is -2.14. The van der Waals surface area contributed by atoms with Crippen LogP contribution < -0.4 is 4.72 Å². The maximum Gasteiger partial charge on any atom is 0.335 e. The fourth-order valence-corrected chi connectivity index (χ4v) is 4.31. The number of carboxylic acid groups (broad SMARTS) is 1. The third-order valence-corrected chi connectivity index (χ3v) is 5.60. The molecular formula is C11H9BrN2O4S2. The van der Waals surface area contributed by atoms with Crippen molar-refractivity contribution < 1.29 is 18.3 Å². The summed E-state index contributed by atoms with van der Waals surface area (Å²) in [6, 6.07) is 3.79. The Morgan fingerprint density at radius 3 is 2.70 bits per heavy atom. The molecule has 106 valence electrons. The number of aromatic carboxylic acids is 1. The Kier molecular flexibility index (Phi) is 4.11. The molecule has 20 heavy (non-hydrogen) atoms. The summed E-state index contributed by atoms with van der Waals surface area (Å²) in [5.41, 5.74) is -0.108. The number of thiazole rings is 1. The van der Waals surface area contributed by atoms with Gasteiger partial charge >= 0.3 is 5.97 Å². The zero-order valence-electron chi connectivity index (χ0n) is 10.1. The molecule has 1 aromatic carbocycles. The third kappa shape index (κ3) is 3.17. The van der Waals surface area contributed by atoms with Crippen LogP contribution in [0.15, 0.2) is 33.8 Å². The maximum atomic E-state index is 12.2. The van der Waals surface area contributed by atoms with Crippen LogP contribution in [0, 0.1) is 6.92 Å². The Morgan fingerprint density at radius 2 is 2.15 bits per heavy atom. The van der Waals surface area contributed by atoms with Gasteiger partial charge in [0, 0.05) is 15.5 Å². The van der Waals surface area contributed by atoms with Gasteiger partial charge in [-0.3, -0.25) is 4.72 Å². The second-order valence-corrected chi connectivity index (χ2v) is 7.57. The number of anilines is 1. The molecule has 2 N–H and O–H groups in total. The van der Waals surface area contributed by atoms with Crippen molar-refractivity contribution in [2.24, 2.45) is 0 Å². The van der Waals surface area contributed by atoms with Crippen LogP contribution in [0.4, 0.5) is 5.13 Å². The number of hydrogen-bond acceptors (Lipinski definition) is 5. The van der Waals surface area contributed by atoms with Crippen molar-refractivity contribution >= 4 is 48.4 Å². The normalized spacial score (nSPS) is 11.3. The van der Waals surface area contributed by atoms with E-state index in [1.807, 2.05) is 0 Å². The average molecular weight is 377 g/mol. The Labute approximate surface area is 127 Å². The Bertz CT molecular complexity index is 770. The van der Waals surface area contributed by atoms with E-state index in [9.17, 15) is 13.2 Å². The molecule has 1 aromatic heterocycles. The van der Waals surface area contributed by atoms with E-state index in [1.165, 1.54) is 23.5 Å². The zero-order chi connectivity index (χ0) is 14.9. The van der Waals surface area contributed by atoms with Crippen LogP contribution in [-0.4, -0.2) is 24.5 Å². The van der Waals surface area contributed by atoms with Crippen molar-refractivity contribution in [3.8, 4) is 0 Å². The predicted molar refractivity (Wildman–Crippen MR) is 78.8 cm³/mol. The van der Waals surface area contributed by atoms with Gasteiger partial charge in [-0.25, -0.2) is 18.2 Å². The Morgan fingerprint density at radius 1 is 1.45 bits per heavy atom. The van der Waals surface area contributed by atoms with Gasteiger partial charge in [0.1, 0.15) is 4.90 Å². The minimum Gasteiger partial charge on any atom is -0.478 e. The number of aromatic nitrogens is 1. The highest BCUT2D eigenvalue weighted by Crippen LogP contribution is 2.27. The molecule has 0 saturated heterocycles. The third-order valence-electron chi connectivity index (χ3n) is 2.31. The second-order valence-electron chi connectivity index (χ2n) is 3.83. The molecule has 0 bridgehead atoms. The van der Waals surface area contributed by atoms with Crippen LogP contribution >= 0.6 is 27.3 Å². The van der Waals surface area contributed by atoms with Gasteiger partial charge in [-0.15, -0.1) is 11.3 Å². The number of sulfonamides is 1. The number of benzene rings is 1. The summed E-state index contributed by atoms with van der Waals surface area (Å²) >= 11 is 4.30. The number of halogens is 1. The molecule has 0 aliphatic heterocycles. The smallest absolute Gasteiger partial charge is 0.335 e. The van der Waals surface area contributed by atoms with E-state index in [4.69, 9.17) is 5.11 Å². The number of rotatable bonds is 4. The topological polar surface area (TPSA) is 96.4 Å². The first-order chi connectivity index (χ1) is 9.29. The largest absolute Gasteiger partial charge is 0.478 e. The van der Waals surface area contributed by atoms with Gasteiger partial charge in [-0.05, 0) is 41.1 Å². The molecule has 2 rings (SSSR count). The summed E-state index contributed by atoms with van der Waals surface area (Å²) in [6.07, 6.45) is 1.55. The standard InChI is InChI=1S/C11H9BrN2O4S2/c1-6-5-13-11(19-6)14-20(17,18)9-4-7(10(15)16)2-3-8(9)12/h2-5H,1H3,(H,13,14)(H,15,16). The summed E-state index contributed by atoms with van der Waals surface area (Å²) in [6.45, 7) is 1.80. The molecule has 0 aliphatic carbocycles. The van der Waals surface area contributed by atoms with Crippen molar-refractivity contribution in [3.63, 3.8) is 0 Å². The van der Waals surface area contributed by atoms with E-state index in [0.29, 0.717) is 0 Å². The van der Waals surface area contributed by atoms with Crippen molar-refractivity contribution in [1.82, 2.24) is 4.98 Å². The van der Waals surface area contributed by atoms with Gasteiger partial charge < -0.3 is 5.11 Å². The summed E-state index contributed by atoms with van der Waals surface area (Å²) in [4.78, 5) is 15.5. The van der Waals surface area contributed by atoms with Gasteiger partial charge in [0.2, 0.25) is 0 Å². The molecule has 0 saturated carbocycles. The fourth-order valence-electron chi connectivity index (χ4n) is 1.41. The SMILES string of the molecule is Cc1cnc(NS(=O)(=O)c2cc(C(=O)O)ccc2Br)s1. The molecule has 0 aliphatic rings. The van der Waals surface area contributed by atoms with Crippen molar-refractivity contribution in [2.45, 2.75) is 11.8 Å². The van der Waals surface area contributed by atoms with Crippen molar-refractivity contribution in [1.29, 1.82) is 0 Å². The summed E-state index contributed by atoms with van der Waals surface area (Å²) in [5.74, 6) is -1.20. The molecule has 2 aromatic rings. The highest BCUT2D eigenvalue weighted by molar-refractivity contribution is 9.10. The predicted octanol–water partition coefficient (Wildman–Crippen LogP) is 2.71. The maximum absolute atomic E-state index is 12.2. The lowest BCUT2D eigenvalue weighted by Gasteiger charge is -2.08. The second kappa shape index (κ2) is 5.51. The highest BCUT2D eigenvalue weighted by atomic mass is 79.9. The minimum atomic E-state index is -3.90.